The van der Waals surface area contributed by atoms with E-state index in [-0.39, 0.29) is 0 Å². The molecule has 1 nitrogen and oxygen atoms in total. The van der Waals surface area contributed by atoms with Gasteiger partial charge in [0.2, 0.25) is 0 Å². The quantitative estimate of drug-likeness (QED) is 0.803. The van der Waals surface area contributed by atoms with E-state index in [9.17, 15) is 0 Å². The molecule has 0 amide bonds. The zero-order valence-corrected chi connectivity index (χ0v) is 12.2. The molecule has 1 heterocycles. The van der Waals surface area contributed by atoms with Crippen LogP contribution >= 0.6 is 27.3 Å². The van der Waals surface area contributed by atoms with Crippen LogP contribution in [0.25, 0.3) is 0 Å². The molecule has 0 bridgehead atoms. The van der Waals surface area contributed by atoms with Crippen LogP contribution in [0.15, 0.2) is 10.5 Å². The number of hydrogen-bond acceptors (Lipinski definition) is 2. The van der Waals surface area contributed by atoms with E-state index in [2.05, 4.69) is 48.1 Å². The first kappa shape index (κ1) is 13.2. The standard InChI is InChI=1S/C12H20BrNS/c1-4-6-7-11(14-5-2)12-8-10(13)9(3)15-12/h8,11,14H,4-7H2,1-3H3. The number of nitrogens with one attached hydrogen (secondary N) is 1. The molecule has 1 N–H and O–H groups in total. The van der Waals surface area contributed by atoms with Crippen molar-refractivity contribution in [1.29, 1.82) is 0 Å². The minimum Gasteiger partial charge on any atom is -0.310 e. The molecular weight excluding hydrogens is 270 g/mol. The summed E-state index contributed by atoms with van der Waals surface area (Å²) in [5.41, 5.74) is 0. The molecular formula is C12H20BrNS. The fourth-order valence-electron chi connectivity index (χ4n) is 1.65. The highest BCUT2D eigenvalue weighted by atomic mass is 79.9. The van der Waals surface area contributed by atoms with Crippen LogP contribution in [0.1, 0.15) is 48.9 Å². The minimum absolute atomic E-state index is 0.546. The molecule has 3 heteroatoms. The molecule has 1 aromatic heterocycles. The summed E-state index contributed by atoms with van der Waals surface area (Å²) in [7, 11) is 0. The maximum absolute atomic E-state index is 3.59. The molecule has 0 fully saturated rings. The molecule has 1 atom stereocenters. The molecule has 1 unspecified atom stereocenters. The maximum atomic E-state index is 3.59. The predicted octanol–water partition coefficient (Wildman–Crippen LogP) is 4.66. The third-order valence-corrected chi connectivity index (χ3v) is 4.77. The van der Waals surface area contributed by atoms with Crippen molar-refractivity contribution in [3.8, 4) is 0 Å². The fraction of sp³-hybridized carbons (Fsp3) is 0.667. The lowest BCUT2D eigenvalue weighted by atomic mass is 10.1. The van der Waals surface area contributed by atoms with Gasteiger partial charge in [-0.1, -0.05) is 26.7 Å². The molecule has 1 rings (SSSR count). The summed E-state index contributed by atoms with van der Waals surface area (Å²) < 4.78 is 1.25. The number of thiophene rings is 1. The van der Waals surface area contributed by atoms with Gasteiger partial charge in [-0.25, -0.2) is 0 Å². The zero-order valence-electron chi connectivity index (χ0n) is 9.77. The van der Waals surface area contributed by atoms with Gasteiger partial charge in [-0.05, 0) is 41.9 Å². The molecule has 0 saturated heterocycles. The third kappa shape index (κ3) is 3.89. The second kappa shape index (κ2) is 6.66. The Morgan fingerprint density at radius 1 is 1.47 bits per heavy atom. The Hall–Kier alpha value is 0.140. The molecule has 0 aliphatic carbocycles. The van der Waals surface area contributed by atoms with Gasteiger partial charge in [-0.15, -0.1) is 11.3 Å². The average Bonchev–Trinajstić information content (AvgIpc) is 2.54. The van der Waals surface area contributed by atoms with Gasteiger partial charge in [0.05, 0.1) is 0 Å². The van der Waals surface area contributed by atoms with E-state index in [1.807, 2.05) is 11.3 Å². The maximum Gasteiger partial charge on any atom is 0.0415 e. The van der Waals surface area contributed by atoms with Crippen LogP contribution in [0.3, 0.4) is 0 Å². The van der Waals surface area contributed by atoms with Gasteiger partial charge in [0.15, 0.2) is 0 Å². The van der Waals surface area contributed by atoms with Gasteiger partial charge in [0.1, 0.15) is 0 Å². The minimum atomic E-state index is 0.546. The first-order valence-electron chi connectivity index (χ1n) is 5.68. The molecule has 0 saturated carbocycles. The first-order chi connectivity index (χ1) is 7.19. The summed E-state index contributed by atoms with van der Waals surface area (Å²) in [6, 6.07) is 2.81. The Kier molecular flexibility index (Phi) is 5.87. The van der Waals surface area contributed by atoms with E-state index in [4.69, 9.17) is 0 Å². The lowest BCUT2D eigenvalue weighted by Crippen LogP contribution is -2.19. The molecule has 0 aromatic carbocycles. The Bertz CT molecular complexity index is 276. The summed E-state index contributed by atoms with van der Waals surface area (Å²) in [5.74, 6) is 0. The van der Waals surface area contributed by atoms with Crippen molar-refractivity contribution in [2.75, 3.05) is 6.54 Å². The van der Waals surface area contributed by atoms with Crippen LogP contribution < -0.4 is 5.32 Å². The van der Waals surface area contributed by atoms with Crippen LogP contribution in [0.2, 0.25) is 0 Å². The zero-order chi connectivity index (χ0) is 11.3. The molecule has 86 valence electrons. The fourth-order valence-corrected chi connectivity index (χ4v) is 3.32. The highest BCUT2D eigenvalue weighted by molar-refractivity contribution is 9.10. The monoisotopic (exact) mass is 289 g/mol. The largest absolute Gasteiger partial charge is 0.310 e. The molecule has 0 spiro atoms. The second-order valence-electron chi connectivity index (χ2n) is 3.81. The van der Waals surface area contributed by atoms with Gasteiger partial charge in [0.25, 0.3) is 0 Å². The van der Waals surface area contributed by atoms with Gasteiger partial charge < -0.3 is 5.32 Å². The average molecular weight is 290 g/mol. The summed E-state index contributed by atoms with van der Waals surface area (Å²) in [6.07, 6.45) is 3.82. The summed E-state index contributed by atoms with van der Waals surface area (Å²) in [5, 5.41) is 3.56. The molecule has 0 aliphatic rings. The highest BCUT2D eigenvalue weighted by Gasteiger charge is 2.13. The molecule has 15 heavy (non-hydrogen) atoms. The van der Waals surface area contributed by atoms with E-state index < -0.39 is 0 Å². The SMILES string of the molecule is CCCCC(NCC)c1cc(Br)c(C)s1. The van der Waals surface area contributed by atoms with Crippen molar-refractivity contribution in [3.63, 3.8) is 0 Å². The first-order valence-corrected chi connectivity index (χ1v) is 7.29. The van der Waals surface area contributed by atoms with Gasteiger partial charge in [0, 0.05) is 20.3 Å². The number of unbranched alkanes of at least 4 members (excludes halogenated alkanes) is 1. The molecule has 1 aromatic rings. The van der Waals surface area contributed by atoms with Crippen molar-refractivity contribution in [3.05, 3.63) is 20.3 Å². The third-order valence-electron chi connectivity index (χ3n) is 2.52. The lowest BCUT2D eigenvalue weighted by Gasteiger charge is -2.15. The van der Waals surface area contributed by atoms with Gasteiger partial charge in [-0.3, -0.25) is 0 Å². The van der Waals surface area contributed by atoms with Crippen LogP contribution in [0.5, 0.6) is 0 Å². The Morgan fingerprint density at radius 3 is 2.67 bits per heavy atom. The smallest absolute Gasteiger partial charge is 0.0415 e. The predicted molar refractivity (Wildman–Crippen MR) is 72.7 cm³/mol. The summed E-state index contributed by atoms with van der Waals surface area (Å²) in [6.45, 7) is 7.64. The lowest BCUT2D eigenvalue weighted by molar-refractivity contribution is 0.501. The van der Waals surface area contributed by atoms with E-state index in [1.54, 1.807) is 0 Å². The van der Waals surface area contributed by atoms with Crippen LogP contribution in [0.4, 0.5) is 0 Å². The normalized spacial score (nSPS) is 13.1. The Labute approximate surface area is 105 Å². The van der Waals surface area contributed by atoms with E-state index in [1.165, 1.54) is 33.5 Å². The van der Waals surface area contributed by atoms with Crippen LogP contribution in [-0.4, -0.2) is 6.54 Å². The summed E-state index contributed by atoms with van der Waals surface area (Å²) >= 11 is 5.49. The number of halogens is 1. The topological polar surface area (TPSA) is 12.0 Å². The van der Waals surface area contributed by atoms with Crippen molar-refractivity contribution < 1.29 is 0 Å². The number of aryl methyl sites for hydroxylation is 1. The van der Waals surface area contributed by atoms with Crippen molar-refractivity contribution >= 4 is 27.3 Å². The molecule has 0 radical (unpaired) electrons. The Balaban J connectivity index is 2.69. The molecule has 0 aliphatic heterocycles. The van der Waals surface area contributed by atoms with E-state index >= 15 is 0 Å². The summed E-state index contributed by atoms with van der Waals surface area (Å²) in [4.78, 5) is 2.85. The number of rotatable bonds is 6. The van der Waals surface area contributed by atoms with Crippen molar-refractivity contribution in [2.24, 2.45) is 0 Å². The van der Waals surface area contributed by atoms with Crippen LogP contribution in [-0.2, 0) is 0 Å². The van der Waals surface area contributed by atoms with Crippen molar-refractivity contribution in [1.82, 2.24) is 5.32 Å². The highest BCUT2D eigenvalue weighted by Crippen LogP contribution is 2.32. The van der Waals surface area contributed by atoms with Gasteiger partial charge in [-0.2, -0.15) is 0 Å². The number of hydrogen-bond donors (Lipinski definition) is 1. The van der Waals surface area contributed by atoms with Crippen LogP contribution in [0, 0.1) is 6.92 Å². The second-order valence-corrected chi connectivity index (χ2v) is 5.95. The van der Waals surface area contributed by atoms with E-state index in [0.29, 0.717) is 6.04 Å². The van der Waals surface area contributed by atoms with E-state index in [0.717, 1.165) is 6.54 Å². The Morgan fingerprint density at radius 2 is 2.20 bits per heavy atom. The van der Waals surface area contributed by atoms with Crippen molar-refractivity contribution in [2.45, 2.75) is 46.1 Å². The van der Waals surface area contributed by atoms with Gasteiger partial charge >= 0.3 is 0 Å².